The van der Waals surface area contributed by atoms with Crippen LogP contribution < -0.4 is 4.72 Å². The van der Waals surface area contributed by atoms with Gasteiger partial charge in [0, 0.05) is 0 Å². The number of sulfonamides is 1. The average molecular weight is 271 g/mol. The summed E-state index contributed by atoms with van der Waals surface area (Å²) in [4.78, 5) is 11.1. The van der Waals surface area contributed by atoms with E-state index in [0.717, 1.165) is 0 Å². The third kappa shape index (κ3) is 3.30. The van der Waals surface area contributed by atoms with Crippen LogP contribution in [0.2, 0.25) is 0 Å². The third-order valence-corrected chi connectivity index (χ3v) is 4.20. The van der Waals surface area contributed by atoms with E-state index in [4.69, 9.17) is 5.11 Å². The standard InChI is InChI=1S/C12H17NO4S/c1-8(2)11(12(14)15)13-18(16,17)10-7-5-4-6-9(10)3/h4-8,11,13H,1-3H3,(H,14,15)/t11-/m1/s1. The van der Waals surface area contributed by atoms with E-state index in [-0.39, 0.29) is 10.8 Å². The lowest BCUT2D eigenvalue weighted by Crippen LogP contribution is -2.44. The van der Waals surface area contributed by atoms with Crippen LogP contribution in [0.4, 0.5) is 0 Å². The molecule has 0 aliphatic carbocycles. The van der Waals surface area contributed by atoms with Gasteiger partial charge in [0.05, 0.1) is 4.90 Å². The van der Waals surface area contributed by atoms with Gasteiger partial charge in [0.15, 0.2) is 0 Å². The molecule has 0 radical (unpaired) electrons. The van der Waals surface area contributed by atoms with Gasteiger partial charge in [-0.1, -0.05) is 32.0 Å². The second kappa shape index (κ2) is 5.49. The van der Waals surface area contributed by atoms with Gasteiger partial charge in [0.2, 0.25) is 10.0 Å². The first kappa shape index (κ1) is 14.7. The number of aliphatic carboxylic acids is 1. The zero-order valence-electron chi connectivity index (χ0n) is 10.5. The monoisotopic (exact) mass is 271 g/mol. The van der Waals surface area contributed by atoms with Crippen molar-refractivity contribution in [1.82, 2.24) is 4.72 Å². The summed E-state index contributed by atoms with van der Waals surface area (Å²) >= 11 is 0. The van der Waals surface area contributed by atoms with Crippen molar-refractivity contribution < 1.29 is 18.3 Å². The fourth-order valence-corrected chi connectivity index (χ4v) is 3.14. The molecule has 100 valence electrons. The summed E-state index contributed by atoms with van der Waals surface area (Å²) in [6.07, 6.45) is 0. The van der Waals surface area contributed by atoms with Crippen molar-refractivity contribution in [2.24, 2.45) is 5.92 Å². The van der Waals surface area contributed by atoms with E-state index < -0.39 is 22.0 Å². The van der Waals surface area contributed by atoms with E-state index >= 15 is 0 Å². The molecule has 5 nitrogen and oxygen atoms in total. The first-order valence-corrected chi connectivity index (χ1v) is 7.05. The topological polar surface area (TPSA) is 83.5 Å². The average Bonchev–Trinajstić information content (AvgIpc) is 2.25. The van der Waals surface area contributed by atoms with Gasteiger partial charge in [-0.3, -0.25) is 4.79 Å². The molecule has 0 fully saturated rings. The molecule has 2 N–H and O–H groups in total. The number of carboxylic acids is 1. The highest BCUT2D eigenvalue weighted by atomic mass is 32.2. The molecule has 0 heterocycles. The van der Waals surface area contributed by atoms with Crippen LogP contribution >= 0.6 is 0 Å². The van der Waals surface area contributed by atoms with Crippen LogP contribution in [0, 0.1) is 12.8 Å². The second-order valence-corrected chi connectivity index (χ2v) is 6.13. The molecule has 0 amide bonds. The molecule has 0 saturated heterocycles. The summed E-state index contributed by atoms with van der Waals surface area (Å²) in [5, 5.41) is 9.00. The molecule has 1 aromatic rings. The van der Waals surface area contributed by atoms with Crippen LogP contribution in [0.15, 0.2) is 29.2 Å². The minimum Gasteiger partial charge on any atom is -0.480 e. The summed E-state index contributed by atoms with van der Waals surface area (Å²) < 4.78 is 26.4. The number of rotatable bonds is 5. The summed E-state index contributed by atoms with van der Waals surface area (Å²) in [6.45, 7) is 4.97. The van der Waals surface area contributed by atoms with Crippen LogP contribution in [0.1, 0.15) is 19.4 Å². The maximum atomic E-state index is 12.1. The zero-order valence-corrected chi connectivity index (χ0v) is 11.4. The Kier molecular flexibility index (Phi) is 4.48. The Morgan fingerprint density at radius 2 is 1.83 bits per heavy atom. The fourth-order valence-electron chi connectivity index (χ4n) is 1.56. The maximum Gasteiger partial charge on any atom is 0.322 e. The molecular formula is C12H17NO4S. The van der Waals surface area contributed by atoms with Gasteiger partial charge in [-0.05, 0) is 24.5 Å². The van der Waals surface area contributed by atoms with Crippen LogP contribution in [-0.4, -0.2) is 25.5 Å². The predicted molar refractivity (Wildman–Crippen MR) is 67.8 cm³/mol. The Morgan fingerprint density at radius 3 is 2.28 bits per heavy atom. The third-order valence-electron chi connectivity index (χ3n) is 2.60. The second-order valence-electron chi connectivity index (χ2n) is 4.45. The van der Waals surface area contributed by atoms with E-state index in [1.807, 2.05) is 0 Å². The lowest BCUT2D eigenvalue weighted by Gasteiger charge is -2.18. The number of nitrogens with one attached hydrogen (secondary N) is 1. The molecule has 0 unspecified atom stereocenters. The van der Waals surface area contributed by atoms with E-state index in [1.165, 1.54) is 6.07 Å². The normalized spacial score (nSPS) is 13.6. The maximum absolute atomic E-state index is 12.1. The lowest BCUT2D eigenvalue weighted by molar-refractivity contribution is -0.140. The number of aryl methyl sites for hydroxylation is 1. The number of hydrogen-bond acceptors (Lipinski definition) is 3. The molecule has 1 atom stereocenters. The highest BCUT2D eigenvalue weighted by Crippen LogP contribution is 2.15. The Morgan fingerprint density at radius 1 is 1.28 bits per heavy atom. The highest BCUT2D eigenvalue weighted by molar-refractivity contribution is 7.89. The fraction of sp³-hybridized carbons (Fsp3) is 0.417. The van der Waals surface area contributed by atoms with Crippen molar-refractivity contribution in [3.63, 3.8) is 0 Å². The van der Waals surface area contributed by atoms with Gasteiger partial charge in [-0.15, -0.1) is 0 Å². The minimum atomic E-state index is -3.81. The van der Waals surface area contributed by atoms with Gasteiger partial charge in [-0.2, -0.15) is 4.72 Å². The van der Waals surface area contributed by atoms with Gasteiger partial charge >= 0.3 is 5.97 Å². The lowest BCUT2D eigenvalue weighted by atomic mass is 10.1. The number of carboxylic acid groups (broad SMARTS) is 1. The van der Waals surface area contributed by atoms with Crippen LogP contribution in [0.3, 0.4) is 0 Å². The molecule has 0 aliphatic heterocycles. The highest BCUT2D eigenvalue weighted by Gasteiger charge is 2.28. The summed E-state index contributed by atoms with van der Waals surface area (Å²) in [6, 6.07) is 5.32. The Hall–Kier alpha value is -1.40. The van der Waals surface area contributed by atoms with Crippen molar-refractivity contribution in [2.75, 3.05) is 0 Å². The SMILES string of the molecule is Cc1ccccc1S(=O)(=O)N[C@@H](C(=O)O)C(C)C. The molecule has 1 rings (SSSR count). The van der Waals surface area contributed by atoms with Crippen LogP contribution in [-0.2, 0) is 14.8 Å². The first-order valence-electron chi connectivity index (χ1n) is 5.56. The van der Waals surface area contributed by atoms with Crippen LogP contribution in [0.25, 0.3) is 0 Å². The largest absolute Gasteiger partial charge is 0.480 e. The number of benzene rings is 1. The van der Waals surface area contributed by atoms with Crippen molar-refractivity contribution in [1.29, 1.82) is 0 Å². The van der Waals surface area contributed by atoms with E-state index in [9.17, 15) is 13.2 Å². The predicted octanol–water partition coefficient (Wildman–Crippen LogP) is 1.38. The van der Waals surface area contributed by atoms with Gasteiger partial charge in [0.1, 0.15) is 6.04 Å². The van der Waals surface area contributed by atoms with Crippen molar-refractivity contribution >= 4 is 16.0 Å². The van der Waals surface area contributed by atoms with Gasteiger partial charge in [0.25, 0.3) is 0 Å². The van der Waals surface area contributed by atoms with E-state index in [0.29, 0.717) is 5.56 Å². The summed E-state index contributed by atoms with van der Waals surface area (Å²) in [5.41, 5.74) is 0.581. The summed E-state index contributed by atoms with van der Waals surface area (Å²) in [5.74, 6) is -1.51. The van der Waals surface area contributed by atoms with Crippen molar-refractivity contribution in [3.8, 4) is 0 Å². The Labute approximate surface area is 107 Å². The zero-order chi connectivity index (χ0) is 13.9. The molecule has 0 saturated carbocycles. The molecule has 0 spiro atoms. The number of carbonyl (C=O) groups is 1. The van der Waals surface area contributed by atoms with Gasteiger partial charge in [-0.25, -0.2) is 8.42 Å². The molecule has 0 bridgehead atoms. The van der Waals surface area contributed by atoms with Gasteiger partial charge < -0.3 is 5.11 Å². The van der Waals surface area contributed by atoms with Crippen molar-refractivity contribution in [3.05, 3.63) is 29.8 Å². The minimum absolute atomic E-state index is 0.108. The Balaban J connectivity index is 3.09. The van der Waals surface area contributed by atoms with E-state index in [2.05, 4.69) is 4.72 Å². The van der Waals surface area contributed by atoms with Crippen molar-refractivity contribution in [2.45, 2.75) is 31.7 Å². The molecule has 1 aromatic carbocycles. The quantitative estimate of drug-likeness (QED) is 0.847. The van der Waals surface area contributed by atoms with Crippen LogP contribution in [0.5, 0.6) is 0 Å². The van der Waals surface area contributed by atoms with E-state index in [1.54, 1.807) is 39.0 Å². The smallest absolute Gasteiger partial charge is 0.322 e. The molecule has 0 aromatic heterocycles. The number of hydrogen-bond donors (Lipinski definition) is 2. The first-order chi connectivity index (χ1) is 8.25. The Bertz CT molecular complexity index is 537. The molecule has 6 heteroatoms. The molecular weight excluding hydrogens is 254 g/mol. The molecule has 0 aliphatic rings. The summed E-state index contributed by atoms with van der Waals surface area (Å²) in [7, 11) is -3.81. The molecule has 18 heavy (non-hydrogen) atoms.